The van der Waals surface area contributed by atoms with Crippen LogP contribution in [-0.4, -0.2) is 55.9 Å². The quantitative estimate of drug-likeness (QED) is 0.808. The van der Waals surface area contributed by atoms with Crippen molar-refractivity contribution < 1.29 is 13.2 Å². The molecule has 1 N–H and O–H groups in total. The van der Waals surface area contributed by atoms with Gasteiger partial charge in [-0.05, 0) is 20.8 Å². The first kappa shape index (κ1) is 15.9. The predicted octanol–water partition coefficient (Wildman–Crippen LogP) is 0.814. The molecule has 1 unspecified atom stereocenters. The van der Waals surface area contributed by atoms with Gasteiger partial charge in [0.15, 0.2) is 0 Å². The summed E-state index contributed by atoms with van der Waals surface area (Å²) in [5.74, 6) is 0. The molecule has 5 nitrogen and oxygen atoms in total. The topological polar surface area (TPSA) is 58.6 Å². The maximum atomic E-state index is 12.4. The van der Waals surface area contributed by atoms with Crippen LogP contribution >= 0.6 is 0 Å². The lowest BCUT2D eigenvalue weighted by Gasteiger charge is -2.38. The molecule has 0 saturated carbocycles. The monoisotopic (exact) mass is 278 g/mol. The van der Waals surface area contributed by atoms with Crippen LogP contribution in [0.4, 0.5) is 0 Å². The highest BCUT2D eigenvalue weighted by atomic mass is 32.2. The summed E-state index contributed by atoms with van der Waals surface area (Å²) in [4.78, 5) is 0. The maximum Gasteiger partial charge on any atom is 0.218 e. The summed E-state index contributed by atoms with van der Waals surface area (Å²) in [6.45, 7) is 11.5. The number of hydrogen-bond acceptors (Lipinski definition) is 4. The van der Waals surface area contributed by atoms with E-state index in [2.05, 4.69) is 5.32 Å². The number of hydrogen-bond donors (Lipinski definition) is 1. The van der Waals surface area contributed by atoms with Gasteiger partial charge in [-0.25, -0.2) is 8.42 Å². The molecule has 0 aromatic rings. The minimum absolute atomic E-state index is 0.295. The zero-order valence-corrected chi connectivity index (χ0v) is 12.9. The number of nitrogens with zero attached hydrogens (tertiary/aromatic N) is 1. The van der Waals surface area contributed by atoms with Gasteiger partial charge in [-0.15, -0.1) is 0 Å². The van der Waals surface area contributed by atoms with E-state index in [1.54, 1.807) is 11.2 Å². The highest BCUT2D eigenvalue weighted by molar-refractivity contribution is 7.89. The lowest BCUT2D eigenvalue weighted by molar-refractivity contribution is -0.0642. The average Bonchev–Trinajstić information content (AvgIpc) is 2.24. The SMILES string of the molecule is CC(C)NCC(C)S(=O)(=O)N1CCOC(C)(C)C1. The van der Waals surface area contributed by atoms with Gasteiger partial charge in [-0.3, -0.25) is 0 Å². The Balaban J connectivity index is 2.67. The smallest absolute Gasteiger partial charge is 0.218 e. The minimum atomic E-state index is -3.24. The van der Waals surface area contributed by atoms with Crippen molar-refractivity contribution in [2.24, 2.45) is 0 Å². The van der Waals surface area contributed by atoms with Gasteiger partial charge in [0.1, 0.15) is 0 Å². The fourth-order valence-electron chi connectivity index (χ4n) is 1.95. The first-order chi connectivity index (χ1) is 8.15. The Hall–Kier alpha value is -0.170. The normalized spacial score (nSPS) is 23.2. The van der Waals surface area contributed by atoms with E-state index in [1.165, 1.54) is 0 Å². The molecule has 0 aromatic heterocycles. The van der Waals surface area contributed by atoms with Gasteiger partial charge >= 0.3 is 0 Å². The van der Waals surface area contributed by atoms with E-state index in [1.807, 2.05) is 27.7 Å². The number of nitrogens with one attached hydrogen (secondary N) is 1. The zero-order chi connectivity index (χ0) is 14.0. The number of morpholine rings is 1. The molecule has 1 heterocycles. The molecule has 18 heavy (non-hydrogen) atoms. The van der Waals surface area contributed by atoms with Crippen LogP contribution in [-0.2, 0) is 14.8 Å². The third-order valence-corrected chi connectivity index (χ3v) is 5.29. The molecule has 1 rings (SSSR count). The Morgan fingerprint density at radius 3 is 2.44 bits per heavy atom. The fraction of sp³-hybridized carbons (Fsp3) is 1.00. The molecule has 1 saturated heterocycles. The van der Waals surface area contributed by atoms with Crippen molar-refractivity contribution in [2.75, 3.05) is 26.2 Å². The first-order valence-corrected chi connectivity index (χ1v) is 8.02. The standard InChI is InChI=1S/C12H26N2O3S/c1-10(2)13-8-11(3)18(15,16)14-6-7-17-12(4,5)9-14/h10-11,13H,6-9H2,1-5H3. The molecule has 1 aliphatic rings. The van der Waals surface area contributed by atoms with Gasteiger partial charge in [0.2, 0.25) is 10.0 Å². The van der Waals surface area contributed by atoms with Gasteiger partial charge in [-0.1, -0.05) is 13.8 Å². The van der Waals surface area contributed by atoms with E-state index in [-0.39, 0.29) is 0 Å². The molecule has 1 aliphatic heterocycles. The minimum Gasteiger partial charge on any atom is -0.373 e. The molecule has 0 radical (unpaired) electrons. The summed E-state index contributed by atoms with van der Waals surface area (Å²) in [7, 11) is -3.24. The summed E-state index contributed by atoms with van der Waals surface area (Å²) in [6.07, 6.45) is 0. The van der Waals surface area contributed by atoms with Crippen LogP contribution in [0.2, 0.25) is 0 Å². The third kappa shape index (κ3) is 4.19. The fourth-order valence-corrected chi connectivity index (χ4v) is 3.59. The second-order valence-corrected chi connectivity index (χ2v) is 8.21. The summed E-state index contributed by atoms with van der Waals surface area (Å²) in [5.41, 5.74) is -0.392. The van der Waals surface area contributed by atoms with Crippen molar-refractivity contribution in [3.63, 3.8) is 0 Å². The van der Waals surface area contributed by atoms with Crippen LogP contribution in [0.25, 0.3) is 0 Å². The lowest BCUT2D eigenvalue weighted by atomic mass is 10.1. The van der Waals surface area contributed by atoms with Crippen molar-refractivity contribution in [1.82, 2.24) is 9.62 Å². The van der Waals surface area contributed by atoms with Crippen LogP contribution in [0.5, 0.6) is 0 Å². The van der Waals surface area contributed by atoms with E-state index >= 15 is 0 Å². The molecule has 0 amide bonds. The van der Waals surface area contributed by atoms with Crippen LogP contribution < -0.4 is 5.32 Å². The van der Waals surface area contributed by atoms with Gasteiger partial charge in [0, 0.05) is 25.7 Å². The summed E-state index contributed by atoms with van der Waals surface area (Å²) < 4.78 is 31.9. The van der Waals surface area contributed by atoms with Crippen molar-refractivity contribution >= 4 is 10.0 Å². The van der Waals surface area contributed by atoms with Crippen molar-refractivity contribution in [3.05, 3.63) is 0 Å². The third-order valence-electron chi connectivity index (χ3n) is 3.07. The van der Waals surface area contributed by atoms with Crippen LogP contribution in [0, 0.1) is 0 Å². The van der Waals surface area contributed by atoms with Gasteiger partial charge in [0.25, 0.3) is 0 Å². The van der Waals surface area contributed by atoms with E-state index in [0.29, 0.717) is 32.3 Å². The second kappa shape index (κ2) is 5.86. The maximum absolute atomic E-state index is 12.4. The summed E-state index contributed by atoms with van der Waals surface area (Å²) in [6, 6.07) is 0.295. The van der Waals surface area contributed by atoms with Crippen molar-refractivity contribution in [2.45, 2.75) is 51.5 Å². The van der Waals surface area contributed by atoms with Crippen LogP contribution in [0.15, 0.2) is 0 Å². The van der Waals surface area contributed by atoms with Crippen molar-refractivity contribution in [1.29, 1.82) is 0 Å². The summed E-state index contributed by atoms with van der Waals surface area (Å²) in [5, 5.41) is 2.77. The Bertz CT molecular complexity index is 366. The van der Waals surface area contributed by atoms with Gasteiger partial charge in [0.05, 0.1) is 17.5 Å². The highest BCUT2D eigenvalue weighted by Gasteiger charge is 2.36. The number of ether oxygens (including phenoxy) is 1. The highest BCUT2D eigenvalue weighted by Crippen LogP contribution is 2.21. The molecule has 1 fully saturated rings. The first-order valence-electron chi connectivity index (χ1n) is 6.51. The van der Waals surface area contributed by atoms with E-state index in [4.69, 9.17) is 4.74 Å². The van der Waals surface area contributed by atoms with Gasteiger partial charge in [-0.2, -0.15) is 4.31 Å². The van der Waals surface area contributed by atoms with E-state index < -0.39 is 20.9 Å². The molecule has 0 aliphatic carbocycles. The number of rotatable bonds is 5. The molecule has 108 valence electrons. The van der Waals surface area contributed by atoms with Crippen LogP contribution in [0.1, 0.15) is 34.6 Å². The molecular weight excluding hydrogens is 252 g/mol. The number of sulfonamides is 1. The average molecular weight is 278 g/mol. The largest absolute Gasteiger partial charge is 0.373 e. The lowest BCUT2D eigenvalue weighted by Crippen LogP contribution is -2.53. The molecule has 0 spiro atoms. The van der Waals surface area contributed by atoms with Gasteiger partial charge < -0.3 is 10.1 Å². The molecular formula is C12H26N2O3S. The summed E-state index contributed by atoms with van der Waals surface area (Å²) >= 11 is 0. The Labute approximate surface area is 111 Å². The molecule has 1 atom stereocenters. The van der Waals surface area contributed by atoms with Crippen molar-refractivity contribution in [3.8, 4) is 0 Å². The molecule has 0 bridgehead atoms. The second-order valence-electron chi connectivity index (χ2n) is 5.86. The van der Waals surface area contributed by atoms with Crippen LogP contribution in [0.3, 0.4) is 0 Å². The van der Waals surface area contributed by atoms with E-state index in [9.17, 15) is 8.42 Å². The molecule has 6 heteroatoms. The molecule has 0 aromatic carbocycles. The predicted molar refractivity (Wildman–Crippen MR) is 73.1 cm³/mol. The Morgan fingerprint density at radius 1 is 1.33 bits per heavy atom. The Kier molecular flexibility index (Phi) is 5.17. The zero-order valence-electron chi connectivity index (χ0n) is 12.1. The Morgan fingerprint density at radius 2 is 1.94 bits per heavy atom. The van der Waals surface area contributed by atoms with E-state index in [0.717, 1.165) is 0 Å².